The van der Waals surface area contributed by atoms with Gasteiger partial charge in [0.15, 0.2) is 0 Å². The fourth-order valence-electron chi connectivity index (χ4n) is 5.65. The van der Waals surface area contributed by atoms with Crippen molar-refractivity contribution in [3.8, 4) is 0 Å². The maximum Gasteiger partial charge on any atom is 0.0446 e. The molecule has 26 heavy (non-hydrogen) atoms. The van der Waals surface area contributed by atoms with E-state index in [1.807, 2.05) is 0 Å². The smallest absolute Gasteiger partial charge is 0.0446 e. The van der Waals surface area contributed by atoms with Gasteiger partial charge in [0.05, 0.1) is 0 Å². The van der Waals surface area contributed by atoms with Crippen LogP contribution >= 0.6 is 0 Å². The molecule has 0 aromatic heterocycles. The Morgan fingerprint density at radius 3 is 2.08 bits per heavy atom. The fraction of sp³-hybridized carbons (Fsp3) is 1.00. The topological polar surface area (TPSA) is 30.0 Å². The lowest BCUT2D eigenvalue weighted by Gasteiger charge is -2.49. The lowest BCUT2D eigenvalue weighted by molar-refractivity contribution is -0.0142. The maximum atomic E-state index is 9.67. The van der Waals surface area contributed by atoms with Crippen LogP contribution in [0.3, 0.4) is 0 Å². The monoisotopic (exact) mass is 365 g/mol. The molecule has 2 heterocycles. The van der Waals surface area contributed by atoms with Crippen molar-refractivity contribution in [2.45, 2.75) is 102 Å². The van der Waals surface area contributed by atoms with Crippen LogP contribution < -0.4 is 0 Å². The average Bonchev–Trinajstić information content (AvgIpc) is 2.62. The Hall–Kier alpha value is -0.160. The molecule has 0 aromatic rings. The van der Waals surface area contributed by atoms with E-state index >= 15 is 0 Å². The van der Waals surface area contributed by atoms with Gasteiger partial charge in [-0.1, -0.05) is 32.1 Å². The molecule has 0 radical (unpaired) electrons. The number of likely N-dealkylation sites (tertiary alicyclic amines) is 1. The Morgan fingerprint density at radius 1 is 0.808 bits per heavy atom. The Kier molecular flexibility index (Phi) is 8.23. The van der Waals surface area contributed by atoms with Gasteiger partial charge in [-0.15, -0.1) is 0 Å². The van der Waals surface area contributed by atoms with Crippen LogP contribution in [0.15, 0.2) is 0 Å². The van der Waals surface area contributed by atoms with Gasteiger partial charge in [0, 0.05) is 50.4 Å². The van der Waals surface area contributed by atoms with Crippen LogP contribution in [0.5, 0.6) is 0 Å². The third-order valence-electron chi connectivity index (χ3n) is 7.31. The van der Waals surface area contributed by atoms with Crippen LogP contribution in [-0.4, -0.2) is 83.3 Å². The van der Waals surface area contributed by atoms with E-state index in [0.717, 1.165) is 18.5 Å². The second-order valence-electron chi connectivity index (χ2n) is 9.26. The quantitative estimate of drug-likeness (QED) is 0.809. The second-order valence-corrected chi connectivity index (χ2v) is 9.26. The molecular formula is C22H43N3O. The average molecular weight is 366 g/mol. The van der Waals surface area contributed by atoms with E-state index in [4.69, 9.17) is 0 Å². The summed E-state index contributed by atoms with van der Waals surface area (Å²) in [6.45, 7) is 11.1. The minimum Gasteiger partial charge on any atom is -0.396 e. The zero-order valence-electron chi connectivity index (χ0n) is 17.4. The van der Waals surface area contributed by atoms with Crippen molar-refractivity contribution in [3.05, 3.63) is 0 Å². The summed E-state index contributed by atoms with van der Waals surface area (Å²) in [6, 6.07) is 2.79. The van der Waals surface area contributed by atoms with Gasteiger partial charge in [-0.2, -0.15) is 0 Å². The van der Waals surface area contributed by atoms with Gasteiger partial charge in [0.25, 0.3) is 0 Å². The summed E-state index contributed by atoms with van der Waals surface area (Å²) in [6.07, 6.45) is 13.5. The SMILES string of the molecule is CC(C)N1CCC(N2CCN(C3CCCCCCC3)C[C@H]2CCO)CC1. The zero-order chi connectivity index (χ0) is 18.4. The zero-order valence-corrected chi connectivity index (χ0v) is 17.4. The molecule has 0 bridgehead atoms. The van der Waals surface area contributed by atoms with E-state index in [9.17, 15) is 5.11 Å². The van der Waals surface area contributed by atoms with E-state index in [2.05, 4.69) is 28.5 Å². The molecule has 3 aliphatic rings. The lowest BCUT2D eigenvalue weighted by atomic mass is 9.93. The minimum atomic E-state index is 0.338. The normalized spacial score (nSPS) is 29.8. The Labute approximate surface area is 161 Å². The van der Waals surface area contributed by atoms with E-state index in [1.165, 1.54) is 90.5 Å². The summed E-state index contributed by atoms with van der Waals surface area (Å²) < 4.78 is 0. The Morgan fingerprint density at radius 2 is 1.46 bits per heavy atom. The molecule has 152 valence electrons. The number of hydrogen-bond acceptors (Lipinski definition) is 4. The lowest BCUT2D eigenvalue weighted by Crippen LogP contribution is -2.60. The Balaban J connectivity index is 1.56. The van der Waals surface area contributed by atoms with Gasteiger partial charge in [-0.3, -0.25) is 9.80 Å². The summed E-state index contributed by atoms with van der Waals surface area (Å²) in [7, 11) is 0. The first-order valence-electron chi connectivity index (χ1n) is 11.5. The third kappa shape index (κ3) is 5.43. The highest BCUT2D eigenvalue weighted by atomic mass is 16.3. The Bertz CT molecular complexity index is 387. The molecule has 1 aliphatic carbocycles. The van der Waals surface area contributed by atoms with Crippen molar-refractivity contribution in [1.29, 1.82) is 0 Å². The molecule has 0 aromatic carbocycles. The van der Waals surface area contributed by atoms with Crippen molar-refractivity contribution >= 4 is 0 Å². The molecule has 0 spiro atoms. The van der Waals surface area contributed by atoms with Gasteiger partial charge in [0.1, 0.15) is 0 Å². The van der Waals surface area contributed by atoms with Crippen molar-refractivity contribution in [2.24, 2.45) is 0 Å². The first-order valence-corrected chi connectivity index (χ1v) is 11.5. The van der Waals surface area contributed by atoms with Crippen molar-refractivity contribution in [2.75, 3.05) is 39.3 Å². The van der Waals surface area contributed by atoms with E-state index in [1.54, 1.807) is 0 Å². The van der Waals surface area contributed by atoms with Crippen LogP contribution in [0.1, 0.15) is 78.1 Å². The van der Waals surface area contributed by atoms with Crippen LogP contribution in [0.2, 0.25) is 0 Å². The first-order chi connectivity index (χ1) is 12.7. The molecule has 2 saturated heterocycles. The summed E-state index contributed by atoms with van der Waals surface area (Å²) >= 11 is 0. The molecule has 2 aliphatic heterocycles. The maximum absolute atomic E-state index is 9.67. The number of hydrogen-bond donors (Lipinski definition) is 1. The summed E-state index contributed by atoms with van der Waals surface area (Å²) in [5.74, 6) is 0. The summed E-state index contributed by atoms with van der Waals surface area (Å²) in [5.41, 5.74) is 0. The number of piperazine rings is 1. The molecule has 1 N–H and O–H groups in total. The third-order valence-corrected chi connectivity index (χ3v) is 7.31. The summed E-state index contributed by atoms with van der Waals surface area (Å²) in [5, 5.41) is 9.67. The molecule has 4 heteroatoms. The molecule has 0 unspecified atom stereocenters. The number of aliphatic hydroxyl groups is 1. The van der Waals surface area contributed by atoms with E-state index < -0.39 is 0 Å². The fourth-order valence-corrected chi connectivity index (χ4v) is 5.65. The van der Waals surface area contributed by atoms with Crippen molar-refractivity contribution < 1.29 is 5.11 Å². The first kappa shape index (κ1) is 20.6. The molecular weight excluding hydrogens is 322 g/mol. The highest BCUT2D eigenvalue weighted by Gasteiger charge is 2.35. The predicted octanol–water partition coefficient (Wildman–Crippen LogP) is 3.34. The number of piperidine rings is 1. The number of nitrogens with zero attached hydrogens (tertiary/aromatic N) is 3. The van der Waals surface area contributed by atoms with Crippen LogP contribution in [0, 0.1) is 0 Å². The van der Waals surface area contributed by atoms with Gasteiger partial charge in [0.2, 0.25) is 0 Å². The van der Waals surface area contributed by atoms with Crippen molar-refractivity contribution in [1.82, 2.24) is 14.7 Å². The van der Waals surface area contributed by atoms with Crippen molar-refractivity contribution in [3.63, 3.8) is 0 Å². The standard InChI is InChI=1S/C22H43N3O/c1-19(2)23-13-10-21(11-14-23)25-16-15-24(18-22(25)12-17-26)20-8-6-4-3-5-7-9-20/h19-22,26H,3-18H2,1-2H3/t22-/m1/s1. The molecule has 0 amide bonds. The highest BCUT2D eigenvalue weighted by Crippen LogP contribution is 2.28. The van der Waals surface area contributed by atoms with Gasteiger partial charge >= 0.3 is 0 Å². The van der Waals surface area contributed by atoms with Gasteiger partial charge in [-0.25, -0.2) is 0 Å². The second kappa shape index (κ2) is 10.4. The van der Waals surface area contributed by atoms with Crippen LogP contribution in [-0.2, 0) is 0 Å². The van der Waals surface area contributed by atoms with E-state index in [-0.39, 0.29) is 0 Å². The number of rotatable bonds is 5. The van der Waals surface area contributed by atoms with Gasteiger partial charge in [-0.05, 0) is 59.0 Å². The molecule has 1 atom stereocenters. The largest absolute Gasteiger partial charge is 0.396 e. The van der Waals surface area contributed by atoms with Crippen LogP contribution in [0.25, 0.3) is 0 Å². The molecule has 3 fully saturated rings. The summed E-state index contributed by atoms with van der Waals surface area (Å²) in [4.78, 5) is 8.21. The van der Waals surface area contributed by atoms with Crippen LogP contribution in [0.4, 0.5) is 0 Å². The number of aliphatic hydroxyl groups excluding tert-OH is 1. The van der Waals surface area contributed by atoms with E-state index in [0.29, 0.717) is 18.7 Å². The minimum absolute atomic E-state index is 0.338. The molecule has 4 nitrogen and oxygen atoms in total. The van der Waals surface area contributed by atoms with Gasteiger partial charge < -0.3 is 10.0 Å². The highest BCUT2D eigenvalue weighted by molar-refractivity contribution is 4.91. The molecule has 1 saturated carbocycles. The molecule has 3 rings (SSSR count). The predicted molar refractivity (Wildman–Crippen MR) is 110 cm³/mol.